The Kier molecular flexibility index (Phi) is 3.23. The van der Waals surface area contributed by atoms with E-state index in [0.29, 0.717) is 5.88 Å². The summed E-state index contributed by atoms with van der Waals surface area (Å²) < 4.78 is 1.94. The maximum Gasteiger partial charge on any atom is 0.199 e. The number of hydrogen-bond acceptors (Lipinski definition) is 1. The molecule has 0 saturated heterocycles. The molecule has 3 aromatic rings. The van der Waals surface area contributed by atoms with E-state index >= 15 is 0 Å². The highest BCUT2D eigenvalue weighted by Gasteiger charge is 2.06. The fourth-order valence-electron chi connectivity index (χ4n) is 2.47. The second-order valence-electron chi connectivity index (χ2n) is 4.82. The summed E-state index contributed by atoms with van der Waals surface area (Å²) in [5, 5.41) is 12.2. The predicted octanol–water partition coefficient (Wildman–Crippen LogP) is 3.98. The molecule has 2 nitrogen and oxygen atoms in total. The minimum Gasteiger partial charge on any atom is -0.494 e. The fraction of sp³-hybridized carbons (Fsp3) is 0.176. The molecule has 1 aromatic heterocycles. The van der Waals surface area contributed by atoms with E-state index in [4.69, 9.17) is 0 Å². The second kappa shape index (κ2) is 5.19. The molecule has 0 radical (unpaired) electrons. The van der Waals surface area contributed by atoms with Crippen LogP contribution in [0.5, 0.6) is 5.88 Å². The molecule has 19 heavy (non-hydrogen) atoms. The van der Waals surface area contributed by atoms with Gasteiger partial charge in [0.2, 0.25) is 0 Å². The highest BCUT2D eigenvalue weighted by atomic mass is 16.3. The lowest BCUT2D eigenvalue weighted by atomic mass is 10.1. The third kappa shape index (κ3) is 2.48. The molecule has 0 fully saturated rings. The standard InChI is InChI=1S/C17H17NO/c19-17-16-11-5-4-10-15(16)13-18(17)12-6-9-14-7-2-1-3-8-14/h1-5,7-8,10-11,13,19H,6,9,12H2. The Hall–Kier alpha value is -2.22. The first kappa shape index (κ1) is 11.8. The van der Waals surface area contributed by atoms with Gasteiger partial charge in [0, 0.05) is 23.5 Å². The summed E-state index contributed by atoms with van der Waals surface area (Å²) in [7, 11) is 0. The number of aromatic nitrogens is 1. The van der Waals surface area contributed by atoms with Crippen LogP contribution in [-0.2, 0) is 13.0 Å². The average molecular weight is 251 g/mol. The van der Waals surface area contributed by atoms with Gasteiger partial charge >= 0.3 is 0 Å². The van der Waals surface area contributed by atoms with Crippen LogP contribution in [-0.4, -0.2) is 9.67 Å². The zero-order chi connectivity index (χ0) is 13.1. The van der Waals surface area contributed by atoms with Gasteiger partial charge in [0.1, 0.15) is 0 Å². The highest BCUT2D eigenvalue weighted by Crippen LogP contribution is 2.26. The second-order valence-corrected chi connectivity index (χ2v) is 4.82. The van der Waals surface area contributed by atoms with Crippen LogP contribution in [0.2, 0.25) is 0 Å². The normalized spacial score (nSPS) is 10.9. The molecule has 3 rings (SSSR count). The number of benzene rings is 2. The molecule has 1 N–H and O–H groups in total. The largest absolute Gasteiger partial charge is 0.494 e. The van der Waals surface area contributed by atoms with Crippen molar-refractivity contribution < 1.29 is 5.11 Å². The van der Waals surface area contributed by atoms with E-state index in [1.165, 1.54) is 5.56 Å². The molecule has 0 aliphatic carbocycles. The molecule has 0 aliphatic heterocycles. The van der Waals surface area contributed by atoms with Crippen LogP contribution >= 0.6 is 0 Å². The molecule has 0 bridgehead atoms. The van der Waals surface area contributed by atoms with E-state index in [0.717, 1.165) is 30.2 Å². The van der Waals surface area contributed by atoms with Gasteiger partial charge in [0.15, 0.2) is 5.88 Å². The van der Waals surface area contributed by atoms with Gasteiger partial charge in [0.05, 0.1) is 0 Å². The van der Waals surface area contributed by atoms with Gasteiger partial charge in [-0.15, -0.1) is 0 Å². The molecule has 1 heterocycles. The van der Waals surface area contributed by atoms with Gasteiger partial charge < -0.3 is 9.67 Å². The Bertz CT molecular complexity index is 670. The molecule has 0 saturated carbocycles. The molecule has 0 aliphatic rings. The predicted molar refractivity (Wildman–Crippen MR) is 78.4 cm³/mol. The minimum atomic E-state index is 0.378. The molecule has 0 spiro atoms. The summed E-state index contributed by atoms with van der Waals surface area (Å²) in [4.78, 5) is 0. The maximum atomic E-state index is 10.1. The summed E-state index contributed by atoms with van der Waals surface area (Å²) in [6.07, 6.45) is 4.09. The lowest BCUT2D eigenvalue weighted by molar-refractivity contribution is 0.418. The Morgan fingerprint density at radius 2 is 1.63 bits per heavy atom. The molecular formula is C17H17NO. The van der Waals surface area contributed by atoms with Gasteiger partial charge in [-0.3, -0.25) is 0 Å². The topological polar surface area (TPSA) is 25.2 Å². The average Bonchev–Trinajstić information content (AvgIpc) is 2.78. The molecular weight excluding hydrogens is 234 g/mol. The van der Waals surface area contributed by atoms with E-state index in [2.05, 4.69) is 24.3 Å². The van der Waals surface area contributed by atoms with Crippen LogP contribution in [0.1, 0.15) is 12.0 Å². The van der Waals surface area contributed by atoms with Crippen LogP contribution < -0.4 is 0 Å². The van der Waals surface area contributed by atoms with Gasteiger partial charge in [-0.2, -0.15) is 0 Å². The van der Waals surface area contributed by atoms with Crippen molar-refractivity contribution in [1.82, 2.24) is 4.57 Å². The number of nitrogens with zero attached hydrogens (tertiary/aromatic N) is 1. The third-order valence-electron chi connectivity index (χ3n) is 3.48. The fourth-order valence-corrected chi connectivity index (χ4v) is 2.47. The SMILES string of the molecule is Oc1c2ccccc2cn1CCCc1ccccc1. The molecule has 2 heteroatoms. The van der Waals surface area contributed by atoms with Crippen LogP contribution in [0.15, 0.2) is 60.8 Å². The van der Waals surface area contributed by atoms with E-state index in [9.17, 15) is 5.11 Å². The van der Waals surface area contributed by atoms with Crippen molar-refractivity contribution in [2.75, 3.05) is 0 Å². The summed E-state index contributed by atoms with van der Waals surface area (Å²) in [6.45, 7) is 0.843. The zero-order valence-electron chi connectivity index (χ0n) is 10.8. The highest BCUT2D eigenvalue weighted by molar-refractivity contribution is 5.87. The van der Waals surface area contributed by atoms with Crippen molar-refractivity contribution in [2.24, 2.45) is 0 Å². The van der Waals surface area contributed by atoms with Crippen LogP contribution in [0.3, 0.4) is 0 Å². The number of hydrogen-bond donors (Lipinski definition) is 1. The summed E-state index contributed by atoms with van der Waals surface area (Å²) in [5.74, 6) is 0.378. The Morgan fingerprint density at radius 1 is 0.895 bits per heavy atom. The van der Waals surface area contributed by atoms with Crippen molar-refractivity contribution >= 4 is 10.8 Å². The molecule has 96 valence electrons. The molecule has 0 amide bonds. The summed E-state index contributed by atoms with van der Waals surface area (Å²) >= 11 is 0. The van der Waals surface area contributed by atoms with Crippen molar-refractivity contribution in [3.05, 3.63) is 66.4 Å². The number of rotatable bonds is 4. The van der Waals surface area contributed by atoms with Crippen LogP contribution in [0, 0.1) is 0 Å². The Labute approximate surface area is 112 Å². The Balaban J connectivity index is 1.70. The van der Waals surface area contributed by atoms with Gasteiger partial charge in [0.25, 0.3) is 0 Å². The van der Waals surface area contributed by atoms with E-state index < -0.39 is 0 Å². The number of aromatic hydroxyl groups is 1. The van der Waals surface area contributed by atoms with Crippen LogP contribution in [0.4, 0.5) is 0 Å². The van der Waals surface area contributed by atoms with Gasteiger partial charge in [-0.1, -0.05) is 48.5 Å². The molecule has 0 unspecified atom stereocenters. The smallest absolute Gasteiger partial charge is 0.199 e. The first-order chi connectivity index (χ1) is 9.34. The molecule has 0 atom stereocenters. The summed E-state index contributed by atoms with van der Waals surface area (Å²) in [5.41, 5.74) is 1.35. The first-order valence-corrected chi connectivity index (χ1v) is 6.65. The zero-order valence-corrected chi connectivity index (χ0v) is 10.8. The van der Waals surface area contributed by atoms with E-state index in [-0.39, 0.29) is 0 Å². The van der Waals surface area contributed by atoms with Crippen molar-refractivity contribution in [2.45, 2.75) is 19.4 Å². The van der Waals surface area contributed by atoms with Crippen LogP contribution in [0.25, 0.3) is 10.8 Å². The summed E-state index contributed by atoms with van der Waals surface area (Å²) in [6, 6.07) is 18.4. The Morgan fingerprint density at radius 3 is 2.42 bits per heavy atom. The monoisotopic (exact) mass is 251 g/mol. The van der Waals surface area contributed by atoms with E-state index in [1.807, 2.05) is 41.1 Å². The number of aryl methyl sites for hydroxylation is 2. The van der Waals surface area contributed by atoms with E-state index in [1.54, 1.807) is 0 Å². The lowest BCUT2D eigenvalue weighted by Crippen LogP contribution is -1.97. The third-order valence-corrected chi connectivity index (χ3v) is 3.48. The first-order valence-electron chi connectivity index (χ1n) is 6.65. The van der Waals surface area contributed by atoms with Gasteiger partial charge in [-0.05, 0) is 24.5 Å². The number of fused-ring (bicyclic) bond motifs is 1. The quantitative estimate of drug-likeness (QED) is 0.745. The molecule has 2 aromatic carbocycles. The maximum absolute atomic E-state index is 10.1. The van der Waals surface area contributed by atoms with Gasteiger partial charge in [-0.25, -0.2) is 0 Å². The van der Waals surface area contributed by atoms with Crippen molar-refractivity contribution in [1.29, 1.82) is 0 Å². The lowest BCUT2D eigenvalue weighted by Gasteiger charge is -2.05. The van der Waals surface area contributed by atoms with Crippen molar-refractivity contribution in [3.63, 3.8) is 0 Å². The van der Waals surface area contributed by atoms with Crippen molar-refractivity contribution in [3.8, 4) is 5.88 Å². The minimum absolute atomic E-state index is 0.378.